The second-order valence-corrected chi connectivity index (χ2v) is 4.10. The van der Waals surface area contributed by atoms with Crippen LogP contribution in [0.15, 0.2) is 17.4 Å². The van der Waals surface area contributed by atoms with Gasteiger partial charge in [0.25, 0.3) is 0 Å². The Balaban J connectivity index is 2.43. The van der Waals surface area contributed by atoms with Crippen molar-refractivity contribution in [3.05, 3.63) is 12.4 Å². The highest BCUT2D eigenvalue weighted by Gasteiger charge is 2.03. The molecule has 0 saturated carbocycles. The van der Waals surface area contributed by atoms with Gasteiger partial charge in [-0.25, -0.2) is 9.97 Å². The number of rotatable bonds is 6. The Hall–Kier alpha value is -0.810. The minimum Gasteiger partial charge on any atom is -0.391 e. The number of hydrogen-bond donors (Lipinski definition) is 2. The number of anilines is 1. The van der Waals surface area contributed by atoms with Crippen molar-refractivity contribution in [3.63, 3.8) is 0 Å². The van der Waals surface area contributed by atoms with Crippen molar-refractivity contribution in [1.82, 2.24) is 9.97 Å². The Labute approximate surface area is 94.5 Å². The molecule has 0 radical (unpaired) electrons. The van der Waals surface area contributed by atoms with Gasteiger partial charge in [0, 0.05) is 12.6 Å². The lowest BCUT2D eigenvalue weighted by Crippen LogP contribution is -2.19. The number of nitrogens with one attached hydrogen (secondary N) is 1. The molecule has 0 spiro atoms. The summed E-state index contributed by atoms with van der Waals surface area (Å²) in [4.78, 5) is 8.14. The zero-order chi connectivity index (χ0) is 11.1. The van der Waals surface area contributed by atoms with Gasteiger partial charge in [-0.15, -0.1) is 11.8 Å². The molecule has 1 heterocycles. The summed E-state index contributed by atoms with van der Waals surface area (Å²) in [7, 11) is 0. The summed E-state index contributed by atoms with van der Waals surface area (Å²) in [6, 6.07) is 1.88. The van der Waals surface area contributed by atoms with Crippen LogP contribution < -0.4 is 5.32 Å². The van der Waals surface area contributed by atoms with E-state index in [1.807, 2.05) is 12.3 Å². The van der Waals surface area contributed by atoms with Crippen molar-refractivity contribution in [3.8, 4) is 0 Å². The lowest BCUT2D eigenvalue weighted by Gasteiger charge is -2.11. The number of thioether (sulfide) groups is 1. The van der Waals surface area contributed by atoms with Crippen molar-refractivity contribution in [2.75, 3.05) is 18.1 Å². The lowest BCUT2D eigenvalue weighted by atomic mass is 10.2. The normalized spacial score (nSPS) is 12.5. The zero-order valence-electron chi connectivity index (χ0n) is 9.10. The van der Waals surface area contributed by atoms with Crippen LogP contribution in [-0.2, 0) is 0 Å². The van der Waals surface area contributed by atoms with Crippen LogP contribution in [0.2, 0.25) is 0 Å². The minimum atomic E-state index is -0.303. The maximum absolute atomic E-state index is 9.53. The summed E-state index contributed by atoms with van der Waals surface area (Å²) in [5.41, 5.74) is 0. The first-order chi connectivity index (χ1) is 7.26. The van der Waals surface area contributed by atoms with Crippen LogP contribution in [-0.4, -0.2) is 34.0 Å². The van der Waals surface area contributed by atoms with Gasteiger partial charge >= 0.3 is 0 Å². The Morgan fingerprint density at radius 2 is 2.33 bits per heavy atom. The molecule has 1 unspecified atom stereocenters. The first kappa shape index (κ1) is 12.3. The molecule has 1 aromatic heterocycles. The maximum atomic E-state index is 9.53. The smallest absolute Gasteiger partial charge is 0.130 e. The van der Waals surface area contributed by atoms with E-state index in [0.717, 1.165) is 23.7 Å². The highest BCUT2D eigenvalue weighted by atomic mass is 32.2. The summed E-state index contributed by atoms with van der Waals surface area (Å²) >= 11 is 1.57. The largest absolute Gasteiger partial charge is 0.391 e. The monoisotopic (exact) mass is 227 g/mol. The second kappa shape index (κ2) is 6.63. The van der Waals surface area contributed by atoms with Gasteiger partial charge in [-0.2, -0.15) is 0 Å². The number of aliphatic hydroxyl groups is 1. The van der Waals surface area contributed by atoms with Crippen LogP contribution in [0.1, 0.15) is 19.8 Å². The predicted octanol–water partition coefficient (Wildman–Crippen LogP) is 1.77. The van der Waals surface area contributed by atoms with Crippen molar-refractivity contribution >= 4 is 17.6 Å². The third kappa shape index (κ3) is 4.48. The molecule has 0 aliphatic rings. The van der Waals surface area contributed by atoms with Crippen molar-refractivity contribution < 1.29 is 5.11 Å². The molecular weight excluding hydrogens is 210 g/mol. The topological polar surface area (TPSA) is 58.0 Å². The Kier molecular flexibility index (Phi) is 5.42. The molecule has 2 N–H and O–H groups in total. The summed E-state index contributed by atoms with van der Waals surface area (Å²) in [5.74, 6) is 0.768. The predicted molar refractivity (Wildman–Crippen MR) is 63.2 cm³/mol. The van der Waals surface area contributed by atoms with Crippen LogP contribution in [0.3, 0.4) is 0 Å². The SMILES string of the molecule is CCCC(O)CNc1cc(SC)ncn1. The molecule has 0 aromatic carbocycles. The van der Waals surface area contributed by atoms with E-state index in [0.29, 0.717) is 6.54 Å². The van der Waals surface area contributed by atoms with E-state index in [1.165, 1.54) is 6.33 Å². The highest BCUT2D eigenvalue weighted by Crippen LogP contribution is 2.13. The van der Waals surface area contributed by atoms with Crippen LogP contribution in [0.25, 0.3) is 0 Å². The Morgan fingerprint density at radius 3 is 3.00 bits per heavy atom. The molecule has 0 aliphatic heterocycles. The molecule has 0 fully saturated rings. The fourth-order valence-corrected chi connectivity index (χ4v) is 1.59. The number of nitrogens with zero attached hydrogens (tertiary/aromatic N) is 2. The molecule has 0 aliphatic carbocycles. The van der Waals surface area contributed by atoms with Gasteiger partial charge in [0.2, 0.25) is 0 Å². The van der Waals surface area contributed by atoms with E-state index in [1.54, 1.807) is 11.8 Å². The fourth-order valence-electron chi connectivity index (χ4n) is 1.21. The fraction of sp³-hybridized carbons (Fsp3) is 0.600. The summed E-state index contributed by atoms with van der Waals surface area (Å²) in [5, 5.41) is 13.5. The van der Waals surface area contributed by atoms with Gasteiger partial charge in [-0.05, 0) is 12.7 Å². The van der Waals surface area contributed by atoms with Crippen molar-refractivity contribution in [1.29, 1.82) is 0 Å². The number of aromatic nitrogens is 2. The van der Waals surface area contributed by atoms with E-state index in [2.05, 4.69) is 22.2 Å². The highest BCUT2D eigenvalue weighted by molar-refractivity contribution is 7.98. The molecule has 1 aromatic rings. The molecule has 1 rings (SSSR count). The van der Waals surface area contributed by atoms with Crippen LogP contribution >= 0.6 is 11.8 Å². The first-order valence-electron chi connectivity index (χ1n) is 5.04. The lowest BCUT2D eigenvalue weighted by molar-refractivity contribution is 0.176. The molecule has 0 amide bonds. The summed E-state index contributed by atoms with van der Waals surface area (Å²) in [6.45, 7) is 2.60. The van der Waals surface area contributed by atoms with E-state index >= 15 is 0 Å². The van der Waals surface area contributed by atoms with Crippen molar-refractivity contribution in [2.45, 2.75) is 30.9 Å². The van der Waals surface area contributed by atoms with E-state index in [9.17, 15) is 5.11 Å². The third-order valence-corrected chi connectivity index (χ3v) is 2.63. The van der Waals surface area contributed by atoms with Crippen molar-refractivity contribution in [2.24, 2.45) is 0 Å². The van der Waals surface area contributed by atoms with Crippen LogP contribution in [0.5, 0.6) is 0 Å². The zero-order valence-corrected chi connectivity index (χ0v) is 9.92. The number of hydrogen-bond acceptors (Lipinski definition) is 5. The molecule has 84 valence electrons. The molecule has 5 heteroatoms. The van der Waals surface area contributed by atoms with Gasteiger partial charge in [0.15, 0.2) is 0 Å². The minimum absolute atomic E-state index is 0.303. The summed E-state index contributed by atoms with van der Waals surface area (Å²) < 4.78 is 0. The Bertz CT molecular complexity index is 296. The average Bonchev–Trinajstić information content (AvgIpc) is 2.27. The van der Waals surface area contributed by atoms with Gasteiger partial charge in [0.1, 0.15) is 17.2 Å². The quantitative estimate of drug-likeness (QED) is 0.573. The molecule has 1 atom stereocenters. The van der Waals surface area contributed by atoms with Crippen LogP contribution in [0, 0.1) is 0 Å². The van der Waals surface area contributed by atoms with E-state index < -0.39 is 0 Å². The second-order valence-electron chi connectivity index (χ2n) is 3.27. The third-order valence-electron chi connectivity index (χ3n) is 1.99. The standard InChI is InChI=1S/C10H17N3OS/c1-3-4-8(14)6-11-9-5-10(15-2)13-7-12-9/h5,7-8,14H,3-4,6H2,1-2H3,(H,11,12,13). The summed E-state index contributed by atoms with van der Waals surface area (Å²) in [6.07, 6.45) is 5.00. The van der Waals surface area contributed by atoms with Crippen LogP contribution in [0.4, 0.5) is 5.82 Å². The van der Waals surface area contributed by atoms with Gasteiger partial charge in [-0.3, -0.25) is 0 Å². The molecule has 0 saturated heterocycles. The van der Waals surface area contributed by atoms with Gasteiger partial charge in [0.05, 0.1) is 6.10 Å². The maximum Gasteiger partial charge on any atom is 0.130 e. The molecule has 0 bridgehead atoms. The Morgan fingerprint density at radius 1 is 1.53 bits per heavy atom. The number of aliphatic hydroxyl groups excluding tert-OH is 1. The molecule has 15 heavy (non-hydrogen) atoms. The van der Waals surface area contributed by atoms with Gasteiger partial charge in [-0.1, -0.05) is 13.3 Å². The molecular formula is C10H17N3OS. The van der Waals surface area contributed by atoms with Gasteiger partial charge < -0.3 is 10.4 Å². The molecule has 4 nitrogen and oxygen atoms in total. The van der Waals surface area contributed by atoms with E-state index in [-0.39, 0.29) is 6.10 Å². The van der Waals surface area contributed by atoms with E-state index in [4.69, 9.17) is 0 Å². The average molecular weight is 227 g/mol. The first-order valence-corrected chi connectivity index (χ1v) is 6.26.